The van der Waals surface area contributed by atoms with Gasteiger partial charge >= 0.3 is 0 Å². The lowest BCUT2D eigenvalue weighted by molar-refractivity contribution is -0.110. The van der Waals surface area contributed by atoms with E-state index in [-0.39, 0.29) is 16.4 Å². The van der Waals surface area contributed by atoms with Gasteiger partial charge in [-0.1, -0.05) is 30.3 Å². The van der Waals surface area contributed by atoms with Crippen LogP contribution in [-0.2, 0) is 14.8 Å². The number of para-hydroxylation sites is 2. The molecule has 140 valence electrons. The number of benzene rings is 2. The van der Waals surface area contributed by atoms with Gasteiger partial charge in [-0.3, -0.25) is 4.79 Å². The van der Waals surface area contributed by atoms with E-state index in [0.717, 1.165) is 11.5 Å². The summed E-state index contributed by atoms with van der Waals surface area (Å²) in [6.45, 7) is 0. The lowest BCUT2D eigenvalue weighted by Gasteiger charge is -2.04. The highest BCUT2D eigenvalue weighted by Gasteiger charge is 2.12. The quantitative estimate of drug-likeness (QED) is 0.755. The second kappa shape index (κ2) is 9.49. The monoisotopic (exact) mass is 385 g/mol. The second-order valence-corrected chi connectivity index (χ2v) is 6.83. The SMILES string of the molecule is COc1ccccc1OC.O=C1C=CC(=NS(=O)(=O)c2ccccc2)C=C1. The van der Waals surface area contributed by atoms with Crippen molar-refractivity contribution < 1.29 is 22.7 Å². The van der Waals surface area contributed by atoms with Crippen LogP contribution in [0.15, 0.2) is 88.2 Å². The third-order valence-electron chi connectivity index (χ3n) is 3.39. The largest absolute Gasteiger partial charge is 0.493 e. The lowest BCUT2D eigenvalue weighted by atomic mass is 10.2. The first-order valence-corrected chi connectivity index (χ1v) is 9.37. The molecule has 0 atom stereocenters. The second-order valence-electron chi connectivity index (χ2n) is 5.23. The summed E-state index contributed by atoms with van der Waals surface area (Å²) in [6, 6.07) is 15.5. The van der Waals surface area contributed by atoms with E-state index in [2.05, 4.69) is 4.40 Å². The number of methoxy groups -OCH3 is 2. The minimum absolute atomic E-state index is 0.131. The number of rotatable bonds is 4. The van der Waals surface area contributed by atoms with Crippen LogP contribution in [0.1, 0.15) is 0 Å². The summed E-state index contributed by atoms with van der Waals surface area (Å²) in [5, 5.41) is 0. The molecule has 0 aromatic heterocycles. The van der Waals surface area contributed by atoms with Crippen LogP contribution in [0.5, 0.6) is 11.5 Å². The number of ketones is 1. The van der Waals surface area contributed by atoms with Gasteiger partial charge in [-0.2, -0.15) is 12.8 Å². The van der Waals surface area contributed by atoms with Crippen molar-refractivity contribution >= 4 is 21.5 Å². The Morgan fingerprint density at radius 1 is 0.741 bits per heavy atom. The van der Waals surface area contributed by atoms with Crippen LogP contribution in [0.25, 0.3) is 0 Å². The molecule has 0 unspecified atom stereocenters. The Morgan fingerprint density at radius 3 is 1.70 bits per heavy atom. The molecular weight excluding hydrogens is 366 g/mol. The van der Waals surface area contributed by atoms with Gasteiger partial charge in [0.15, 0.2) is 17.3 Å². The number of ether oxygens (including phenoxy) is 2. The molecule has 6 nitrogen and oxygen atoms in total. The molecule has 2 aromatic rings. The van der Waals surface area contributed by atoms with Gasteiger partial charge in [0.05, 0.1) is 24.8 Å². The van der Waals surface area contributed by atoms with Crippen molar-refractivity contribution in [2.45, 2.75) is 4.90 Å². The summed E-state index contributed by atoms with van der Waals surface area (Å²) in [7, 11) is -0.457. The molecule has 3 rings (SSSR count). The molecule has 1 aliphatic carbocycles. The summed E-state index contributed by atoms with van der Waals surface area (Å²) < 4.78 is 37.3. The minimum Gasteiger partial charge on any atom is -0.493 e. The Kier molecular flexibility index (Phi) is 7.08. The van der Waals surface area contributed by atoms with E-state index in [1.165, 1.54) is 36.4 Å². The summed E-state index contributed by atoms with van der Waals surface area (Å²) in [6.07, 6.45) is 5.31. The average molecular weight is 385 g/mol. The maximum atomic E-state index is 11.8. The molecule has 0 amide bonds. The first-order valence-electron chi connectivity index (χ1n) is 7.93. The third kappa shape index (κ3) is 5.93. The van der Waals surface area contributed by atoms with E-state index in [9.17, 15) is 13.2 Å². The fourth-order valence-electron chi connectivity index (χ4n) is 2.08. The zero-order valence-corrected chi connectivity index (χ0v) is 15.7. The topological polar surface area (TPSA) is 82.0 Å². The molecule has 1 aliphatic rings. The van der Waals surface area contributed by atoms with Crippen LogP contribution in [0.4, 0.5) is 0 Å². The Labute approximate surface area is 158 Å². The van der Waals surface area contributed by atoms with Gasteiger partial charge in [0.1, 0.15) is 0 Å². The highest BCUT2D eigenvalue weighted by Crippen LogP contribution is 2.24. The molecule has 2 aromatic carbocycles. The van der Waals surface area contributed by atoms with Crippen molar-refractivity contribution in [1.29, 1.82) is 0 Å². The standard InChI is InChI=1S/C12H9NO3S.C8H10O2/c14-11-8-6-10(7-9-11)13-17(15,16)12-4-2-1-3-5-12;1-9-7-5-3-4-6-8(7)10-2/h1-9H;3-6H,1-2H3. The number of carbonyl (C=O) groups is 1. The number of hydrogen-bond donors (Lipinski definition) is 0. The van der Waals surface area contributed by atoms with Gasteiger partial charge in [0, 0.05) is 0 Å². The fraction of sp³-hybridized carbons (Fsp3) is 0.100. The van der Waals surface area contributed by atoms with Crippen LogP contribution in [-0.4, -0.2) is 34.1 Å². The molecule has 0 aliphatic heterocycles. The minimum atomic E-state index is -3.70. The van der Waals surface area contributed by atoms with Gasteiger partial charge < -0.3 is 9.47 Å². The molecule has 0 saturated carbocycles. The predicted octanol–water partition coefficient (Wildman–Crippen LogP) is 3.22. The Balaban J connectivity index is 0.000000223. The molecule has 27 heavy (non-hydrogen) atoms. The molecule has 0 N–H and O–H groups in total. The van der Waals surface area contributed by atoms with Crippen molar-refractivity contribution in [2.24, 2.45) is 4.40 Å². The Morgan fingerprint density at radius 2 is 1.22 bits per heavy atom. The Bertz CT molecular complexity index is 935. The number of allylic oxidation sites excluding steroid dienone is 4. The summed E-state index contributed by atoms with van der Waals surface area (Å²) in [5.41, 5.74) is 0.244. The van der Waals surface area contributed by atoms with Gasteiger partial charge in [-0.15, -0.1) is 0 Å². The Hall–Kier alpha value is -3.19. The summed E-state index contributed by atoms with van der Waals surface area (Å²) in [5.74, 6) is 1.36. The fourth-order valence-corrected chi connectivity index (χ4v) is 3.08. The van der Waals surface area contributed by atoms with Crippen molar-refractivity contribution in [1.82, 2.24) is 0 Å². The predicted molar refractivity (Wildman–Crippen MR) is 104 cm³/mol. The van der Waals surface area contributed by atoms with Crippen LogP contribution < -0.4 is 9.47 Å². The third-order valence-corrected chi connectivity index (χ3v) is 4.71. The molecule has 0 spiro atoms. The normalized spacial score (nSPS) is 12.8. The average Bonchev–Trinajstić information content (AvgIpc) is 2.70. The van der Waals surface area contributed by atoms with Crippen LogP contribution >= 0.6 is 0 Å². The van der Waals surface area contributed by atoms with Crippen molar-refractivity contribution in [2.75, 3.05) is 14.2 Å². The smallest absolute Gasteiger partial charge is 0.282 e. The van der Waals surface area contributed by atoms with E-state index >= 15 is 0 Å². The van der Waals surface area contributed by atoms with Crippen molar-refractivity contribution in [3.8, 4) is 11.5 Å². The van der Waals surface area contributed by atoms with Crippen LogP contribution in [0.3, 0.4) is 0 Å². The molecule has 0 heterocycles. The van der Waals surface area contributed by atoms with Crippen LogP contribution in [0, 0.1) is 0 Å². The summed E-state index contributed by atoms with van der Waals surface area (Å²) in [4.78, 5) is 11.0. The van der Waals surface area contributed by atoms with E-state index < -0.39 is 10.0 Å². The lowest BCUT2D eigenvalue weighted by Crippen LogP contribution is -2.04. The highest BCUT2D eigenvalue weighted by atomic mass is 32.2. The first kappa shape index (κ1) is 20.1. The summed E-state index contributed by atoms with van der Waals surface area (Å²) >= 11 is 0. The van der Waals surface area contributed by atoms with E-state index in [1.807, 2.05) is 24.3 Å². The van der Waals surface area contributed by atoms with Gasteiger partial charge in [0.2, 0.25) is 0 Å². The maximum Gasteiger partial charge on any atom is 0.282 e. The van der Waals surface area contributed by atoms with Crippen molar-refractivity contribution in [3.63, 3.8) is 0 Å². The van der Waals surface area contributed by atoms with Crippen LogP contribution in [0.2, 0.25) is 0 Å². The number of nitrogens with zero attached hydrogens (tertiary/aromatic N) is 1. The molecule has 0 saturated heterocycles. The molecule has 7 heteroatoms. The van der Waals surface area contributed by atoms with Gasteiger partial charge in [0.25, 0.3) is 10.0 Å². The number of hydrogen-bond acceptors (Lipinski definition) is 5. The first-order chi connectivity index (χ1) is 13.0. The maximum absolute atomic E-state index is 11.8. The number of carbonyl (C=O) groups excluding carboxylic acids is 1. The molecule has 0 fully saturated rings. The van der Waals surface area contributed by atoms with E-state index in [0.29, 0.717) is 0 Å². The zero-order valence-electron chi connectivity index (χ0n) is 14.9. The number of sulfonamides is 1. The van der Waals surface area contributed by atoms with Gasteiger partial charge in [-0.05, 0) is 48.6 Å². The molecule has 0 radical (unpaired) electrons. The zero-order chi connectivity index (χ0) is 19.7. The van der Waals surface area contributed by atoms with E-state index in [1.54, 1.807) is 32.4 Å². The highest BCUT2D eigenvalue weighted by molar-refractivity contribution is 7.90. The van der Waals surface area contributed by atoms with Gasteiger partial charge in [-0.25, -0.2) is 0 Å². The van der Waals surface area contributed by atoms with E-state index in [4.69, 9.17) is 9.47 Å². The molecular formula is C20H19NO5S. The van der Waals surface area contributed by atoms with Crippen molar-refractivity contribution in [3.05, 3.63) is 78.9 Å². The molecule has 0 bridgehead atoms.